The largest absolute Gasteiger partial charge is 0.314 e. The van der Waals surface area contributed by atoms with Crippen LogP contribution in [-0.2, 0) is 103 Å². The van der Waals surface area contributed by atoms with E-state index in [0.29, 0.717) is 19.3 Å². The second kappa shape index (κ2) is 41.0. The molecule has 4 aliphatic carbocycles. The van der Waals surface area contributed by atoms with Gasteiger partial charge in [0.2, 0.25) is 0 Å². The zero-order chi connectivity index (χ0) is 85.9. The lowest BCUT2D eigenvalue weighted by atomic mass is 10.0. The number of hydrogen-bond acceptors (Lipinski definition) is 12. The van der Waals surface area contributed by atoms with Gasteiger partial charge in [-0.05, 0) is 223 Å². The van der Waals surface area contributed by atoms with Crippen molar-refractivity contribution in [3.63, 3.8) is 0 Å². The normalized spacial score (nSPS) is 14.6. The standard InChI is InChI=1S/2C27H27FN4.C27H28N4.C26H25FN4/c2*1-19-5-2-6-20(15-19)16-26-30-31-27(32(26)14-4-8-24-7-3-13-29-24)18-22-10-9-21-17-23(28)11-12-25(21)22;1-20-7-4-8-21(17-20)18-26-29-30-27(31(26)16-6-11-24-10-5-15-28-24)19-23-14-13-22-9-2-3-12-25(22)23;27-22-12-13-24-20(17-22)10-11-21(24)18-26-30-29-25(16-19-6-2-1-3-7-19)31(26)15-5-9-23-8-4-14-28-23/h2*2,5-7,10-13,15,17H,3-4,8-9,14,16,18H2,1H3;2-4,7-10,12,14-15,17H,5-6,11,13,16,18-19H2,1H3;1-3,6-8,11-14,17H,4-5,9-10,15-16,18H2. The van der Waals surface area contributed by atoms with Crippen molar-refractivity contribution < 1.29 is 13.2 Å². The molecule has 0 spiro atoms. The first-order valence-corrected chi connectivity index (χ1v) is 44.7. The van der Waals surface area contributed by atoms with Gasteiger partial charge in [0, 0.05) is 151 Å². The Kier molecular flexibility index (Phi) is 27.6. The monoisotopic (exact) mass is 1670 g/mol. The Bertz CT molecular complexity index is 6150. The minimum absolute atomic E-state index is 0.175. The molecule has 0 bridgehead atoms. The van der Waals surface area contributed by atoms with Gasteiger partial charge in [-0.3, -0.25) is 20.0 Å². The summed E-state index contributed by atoms with van der Waals surface area (Å²) in [7, 11) is 0. The lowest BCUT2D eigenvalue weighted by Gasteiger charge is -2.12. The molecule has 19 heteroatoms. The zero-order valence-electron chi connectivity index (χ0n) is 72.3. The average Bonchev–Trinajstić information content (AvgIpc) is 1.67. The number of halogens is 3. The molecule has 0 radical (unpaired) electrons. The first-order valence-electron chi connectivity index (χ1n) is 44.7. The van der Waals surface area contributed by atoms with Crippen molar-refractivity contribution in [2.24, 2.45) is 20.0 Å². The molecule has 8 aromatic carbocycles. The van der Waals surface area contributed by atoms with E-state index in [0.717, 1.165) is 241 Å². The minimum Gasteiger partial charge on any atom is -0.314 e. The van der Waals surface area contributed by atoms with E-state index in [1.54, 1.807) is 36.4 Å². The van der Waals surface area contributed by atoms with E-state index >= 15 is 0 Å². The van der Waals surface area contributed by atoms with Crippen LogP contribution in [0.2, 0.25) is 0 Å². The number of fused-ring (bicyclic) bond motifs is 4. The molecule has 4 aliphatic heterocycles. The van der Waals surface area contributed by atoms with Crippen molar-refractivity contribution in [1.29, 1.82) is 0 Å². The fraction of sp³-hybridized carbons (Fsp3) is 0.290. The van der Waals surface area contributed by atoms with E-state index in [-0.39, 0.29) is 17.5 Å². The quantitative estimate of drug-likeness (QED) is 0.0401. The molecule has 0 amide bonds. The van der Waals surface area contributed by atoms with Gasteiger partial charge in [-0.25, -0.2) is 13.2 Å². The van der Waals surface area contributed by atoms with Crippen LogP contribution in [0.25, 0.3) is 22.3 Å². The highest BCUT2D eigenvalue weighted by Crippen LogP contribution is 2.36. The Morgan fingerprint density at radius 2 is 0.524 bits per heavy atom. The smallest absolute Gasteiger partial charge is 0.137 e. The summed E-state index contributed by atoms with van der Waals surface area (Å²) in [5.41, 5.74) is 27.8. The number of nitrogens with zero attached hydrogens (tertiary/aromatic N) is 16. The average molecular weight is 1670 g/mol. The van der Waals surface area contributed by atoms with Crippen molar-refractivity contribution >= 4 is 47.2 Å². The van der Waals surface area contributed by atoms with E-state index in [1.165, 1.54) is 95.2 Å². The summed E-state index contributed by atoms with van der Waals surface area (Å²) < 4.78 is 50.0. The van der Waals surface area contributed by atoms with Crippen LogP contribution in [-0.4, -0.2) is 83.9 Å². The summed E-state index contributed by atoms with van der Waals surface area (Å²) in [4.78, 5) is 17.8. The number of allylic oxidation sites excluding steroid dienone is 16. The number of hydrogen-bond donors (Lipinski definition) is 0. The summed E-state index contributed by atoms with van der Waals surface area (Å²) in [5.74, 6) is 7.48. The third-order valence-corrected chi connectivity index (χ3v) is 24.5. The van der Waals surface area contributed by atoms with Gasteiger partial charge in [0.25, 0.3) is 0 Å². The highest BCUT2D eigenvalue weighted by Gasteiger charge is 2.26. The van der Waals surface area contributed by atoms with Crippen LogP contribution < -0.4 is 0 Å². The van der Waals surface area contributed by atoms with Crippen molar-refractivity contribution in [2.75, 3.05) is 0 Å². The number of benzene rings is 8. The minimum atomic E-state index is -0.175. The summed E-state index contributed by atoms with van der Waals surface area (Å²) in [5, 5.41) is 36.8. The van der Waals surface area contributed by atoms with Crippen LogP contribution in [0.5, 0.6) is 0 Å². The number of aryl methyl sites for hydroxylation is 3. The van der Waals surface area contributed by atoms with Crippen LogP contribution in [0, 0.1) is 38.2 Å². The maximum atomic E-state index is 13.6. The van der Waals surface area contributed by atoms with E-state index < -0.39 is 0 Å². The molecule has 8 heterocycles. The van der Waals surface area contributed by atoms with Crippen LogP contribution in [0.4, 0.5) is 13.2 Å². The highest BCUT2D eigenvalue weighted by atomic mass is 19.1. The molecular formula is C107H107F3N16. The molecule has 0 unspecified atom stereocenters. The Hall–Kier alpha value is -13.3. The molecule has 12 aromatic rings. The Labute approximate surface area is 737 Å². The Balaban J connectivity index is 0.000000119. The molecule has 636 valence electrons. The fourth-order valence-electron chi connectivity index (χ4n) is 18.2. The first-order chi connectivity index (χ1) is 61.8. The molecule has 0 fully saturated rings. The second-order valence-electron chi connectivity index (χ2n) is 33.8. The van der Waals surface area contributed by atoms with Gasteiger partial charge in [-0.15, -0.1) is 40.8 Å². The molecule has 16 nitrogen and oxygen atoms in total. The van der Waals surface area contributed by atoms with E-state index in [9.17, 15) is 13.2 Å². The predicted octanol–water partition coefficient (Wildman–Crippen LogP) is 22.1. The summed E-state index contributed by atoms with van der Waals surface area (Å²) in [6, 6.07) is 60.1. The molecule has 0 N–H and O–H groups in total. The van der Waals surface area contributed by atoms with Crippen molar-refractivity contribution in [2.45, 2.75) is 201 Å². The molecule has 8 aliphatic rings. The zero-order valence-corrected chi connectivity index (χ0v) is 72.3. The molecule has 0 atom stereocenters. The Morgan fingerprint density at radius 3 is 0.825 bits per heavy atom. The molecular weight excluding hydrogens is 1570 g/mol. The van der Waals surface area contributed by atoms with Gasteiger partial charge in [-0.1, -0.05) is 211 Å². The van der Waals surface area contributed by atoms with Gasteiger partial charge >= 0.3 is 0 Å². The van der Waals surface area contributed by atoms with Crippen LogP contribution >= 0.6 is 0 Å². The molecule has 4 aromatic heterocycles. The van der Waals surface area contributed by atoms with E-state index in [4.69, 9.17) is 0 Å². The lowest BCUT2D eigenvalue weighted by molar-refractivity contribution is 0.596. The summed E-state index contributed by atoms with van der Waals surface area (Å²) >= 11 is 0. The van der Waals surface area contributed by atoms with Gasteiger partial charge in [-0.2, -0.15) is 0 Å². The fourth-order valence-corrected chi connectivity index (χ4v) is 18.2. The first kappa shape index (κ1) is 84.9. The third-order valence-electron chi connectivity index (χ3n) is 24.5. The van der Waals surface area contributed by atoms with Gasteiger partial charge in [0.05, 0.1) is 0 Å². The molecule has 0 saturated carbocycles. The molecule has 126 heavy (non-hydrogen) atoms. The van der Waals surface area contributed by atoms with Crippen molar-refractivity contribution in [3.8, 4) is 0 Å². The van der Waals surface area contributed by atoms with Gasteiger partial charge < -0.3 is 18.3 Å². The highest BCUT2D eigenvalue weighted by molar-refractivity contribution is 5.77. The van der Waals surface area contributed by atoms with Crippen LogP contribution in [0.1, 0.15) is 207 Å². The maximum Gasteiger partial charge on any atom is 0.137 e. The number of aromatic nitrogens is 12. The van der Waals surface area contributed by atoms with Gasteiger partial charge in [0.1, 0.15) is 64.0 Å². The second-order valence-corrected chi connectivity index (χ2v) is 33.8. The number of aliphatic imine (C=N–C) groups is 4. The van der Waals surface area contributed by atoms with Crippen LogP contribution in [0.3, 0.4) is 0 Å². The Morgan fingerprint density at radius 1 is 0.254 bits per heavy atom. The van der Waals surface area contributed by atoms with E-state index in [1.807, 2.05) is 49.1 Å². The molecule has 20 rings (SSSR count). The maximum absolute atomic E-state index is 13.6. The van der Waals surface area contributed by atoms with Crippen molar-refractivity contribution in [1.82, 2.24) is 59.1 Å². The predicted molar refractivity (Wildman–Crippen MR) is 500 cm³/mol. The third kappa shape index (κ3) is 21.9. The molecule has 0 saturated heterocycles. The summed E-state index contributed by atoms with van der Waals surface area (Å²) in [6.07, 6.45) is 46.8. The van der Waals surface area contributed by atoms with E-state index in [2.05, 4.69) is 270 Å². The lowest BCUT2D eigenvalue weighted by Crippen LogP contribution is -2.10. The summed E-state index contributed by atoms with van der Waals surface area (Å²) in [6.45, 7) is 9.87. The SMILES string of the molecule is Cc1cccc(Cc2nnc(CC3=CCc4cc(F)ccc43)n2CCCC2=CCC=N2)c1.Cc1cccc(Cc2nnc(CC3=CCc4cc(F)ccc43)n2CCCC2=CCC=N2)c1.Cc1cccc(Cc2nnc(CC3=CCc4ccccc43)n2CCCC2=CCC=N2)c1.Fc1ccc2c(c1)CC=C2Cc1nnc(Cc2ccccc2)n1CCCC1=CCC=N1. The van der Waals surface area contributed by atoms with Crippen LogP contribution in [0.15, 0.2) is 273 Å². The van der Waals surface area contributed by atoms with Gasteiger partial charge in [0.15, 0.2) is 0 Å². The van der Waals surface area contributed by atoms with Crippen molar-refractivity contribution in [3.05, 3.63) is 401 Å². The number of rotatable bonds is 32. The topological polar surface area (TPSA) is 172 Å².